The Labute approximate surface area is 85.6 Å². The molecule has 0 saturated carbocycles. The van der Waals surface area contributed by atoms with Crippen LogP contribution in [0.25, 0.3) is 0 Å². The number of nitrogens with one attached hydrogen (secondary N) is 1. The van der Waals surface area contributed by atoms with Crippen molar-refractivity contribution in [1.29, 1.82) is 0 Å². The number of carbonyl (C=O) groups excluding carboxylic acids is 1. The second-order valence-electron chi connectivity index (χ2n) is 3.48. The predicted octanol–water partition coefficient (Wildman–Crippen LogP) is 1.22. The van der Waals surface area contributed by atoms with Gasteiger partial charge in [-0.1, -0.05) is 0 Å². The van der Waals surface area contributed by atoms with Gasteiger partial charge in [0.25, 0.3) is 0 Å². The quantitative estimate of drug-likeness (QED) is 0.678. The van der Waals surface area contributed by atoms with Crippen molar-refractivity contribution in [2.24, 2.45) is 0 Å². The van der Waals surface area contributed by atoms with Gasteiger partial charge in [-0.2, -0.15) is 0 Å². The fourth-order valence-electron chi connectivity index (χ4n) is 1.55. The van der Waals surface area contributed by atoms with E-state index in [1.807, 2.05) is 11.8 Å². The lowest BCUT2D eigenvalue weighted by Gasteiger charge is -2.15. The van der Waals surface area contributed by atoms with Crippen molar-refractivity contribution < 1.29 is 9.53 Å². The standard InChI is InChI=1S/C10H20N2O2/c1-2-14-9-5-6-11-10(13)12-7-3-4-8-12/h2-9H2,1H3,(H,11,13). The molecule has 14 heavy (non-hydrogen) atoms. The number of carbonyl (C=O) groups is 1. The van der Waals surface area contributed by atoms with Crippen molar-refractivity contribution in [2.45, 2.75) is 26.2 Å². The first-order valence-corrected chi connectivity index (χ1v) is 5.45. The summed E-state index contributed by atoms with van der Waals surface area (Å²) in [5, 5.41) is 2.89. The zero-order valence-corrected chi connectivity index (χ0v) is 8.92. The zero-order chi connectivity index (χ0) is 10.2. The van der Waals surface area contributed by atoms with E-state index in [1.165, 1.54) is 0 Å². The van der Waals surface area contributed by atoms with Crippen LogP contribution in [-0.2, 0) is 4.74 Å². The molecule has 1 fully saturated rings. The summed E-state index contributed by atoms with van der Waals surface area (Å²) in [6.45, 7) is 6.00. The minimum absolute atomic E-state index is 0.0824. The summed E-state index contributed by atoms with van der Waals surface area (Å²) in [6.07, 6.45) is 3.19. The Kier molecular flexibility index (Phi) is 5.37. The Morgan fingerprint density at radius 2 is 2.14 bits per heavy atom. The lowest BCUT2D eigenvalue weighted by Crippen LogP contribution is -2.38. The summed E-state index contributed by atoms with van der Waals surface area (Å²) in [5.74, 6) is 0. The zero-order valence-electron chi connectivity index (χ0n) is 8.92. The molecular weight excluding hydrogens is 180 g/mol. The summed E-state index contributed by atoms with van der Waals surface area (Å²) >= 11 is 0. The molecule has 0 spiro atoms. The smallest absolute Gasteiger partial charge is 0.317 e. The molecular formula is C10H20N2O2. The first kappa shape index (κ1) is 11.3. The number of hydrogen-bond acceptors (Lipinski definition) is 2. The minimum atomic E-state index is 0.0824. The molecule has 1 heterocycles. The van der Waals surface area contributed by atoms with Gasteiger partial charge in [-0.25, -0.2) is 4.79 Å². The minimum Gasteiger partial charge on any atom is -0.382 e. The van der Waals surface area contributed by atoms with Crippen LogP contribution in [0.4, 0.5) is 4.79 Å². The van der Waals surface area contributed by atoms with E-state index >= 15 is 0 Å². The monoisotopic (exact) mass is 200 g/mol. The van der Waals surface area contributed by atoms with E-state index in [0.717, 1.165) is 52.1 Å². The Balaban J connectivity index is 1.97. The van der Waals surface area contributed by atoms with Crippen LogP contribution in [0.15, 0.2) is 0 Å². The molecule has 0 aliphatic carbocycles. The molecule has 0 radical (unpaired) electrons. The van der Waals surface area contributed by atoms with Crippen LogP contribution in [0.5, 0.6) is 0 Å². The summed E-state index contributed by atoms with van der Waals surface area (Å²) in [7, 11) is 0. The average Bonchev–Trinajstić information content (AvgIpc) is 2.70. The highest BCUT2D eigenvalue weighted by molar-refractivity contribution is 5.74. The van der Waals surface area contributed by atoms with Crippen LogP contribution < -0.4 is 5.32 Å². The summed E-state index contributed by atoms with van der Waals surface area (Å²) in [4.78, 5) is 13.3. The van der Waals surface area contributed by atoms with E-state index in [0.29, 0.717) is 0 Å². The van der Waals surface area contributed by atoms with Crippen molar-refractivity contribution in [3.05, 3.63) is 0 Å². The van der Waals surface area contributed by atoms with Crippen LogP contribution >= 0.6 is 0 Å². The van der Waals surface area contributed by atoms with Crippen LogP contribution in [0.3, 0.4) is 0 Å². The Bertz CT molecular complexity index is 168. The molecule has 1 rings (SSSR count). The Morgan fingerprint density at radius 1 is 1.43 bits per heavy atom. The third kappa shape index (κ3) is 3.96. The van der Waals surface area contributed by atoms with Gasteiger partial charge >= 0.3 is 6.03 Å². The topological polar surface area (TPSA) is 41.6 Å². The molecule has 1 aliphatic rings. The van der Waals surface area contributed by atoms with Crippen LogP contribution in [-0.4, -0.2) is 43.8 Å². The molecule has 82 valence electrons. The second kappa shape index (κ2) is 6.65. The predicted molar refractivity (Wildman–Crippen MR) is 55.3 cm³/mol. The fraction of sp³-hybridized carbons (Fsp3) is 0.900. The van der Waals surface area contributed by atoms with Gasteiger partial charge in [-0.15, -0.1) is 0 Å². The molecule has 0 aromatic rings. The third-order valence-electron chi connectivity index (χ3n) is 2.34. The summed E-state index contributed by atoms with van der Waals surface area (Å²) < 4.78 is 5.18. The van der Waals surface area contributed by atoms with Gasteiger partial charge in [0.2, 0.25) is 0 Å². The van der Waals surface area contributed by atoms with Gasteiger partial charge in [0, 0.05) is 32.8 Å². The van der Waals surface area contributed by atoms with Gasteiger partial charge in [0.1, 0.15) is 0 Å². The molecule has 0 aromatic heterocycles. The fourth-order valence-corrected chi connectivity index (χ4v) is 1.55. The SMILES string of the molecule is CCOCCCNC(=O)N1CCCC1. The molecule has 0 aromatic carbocycles. The highest BCUT2D eigenvalue weighted by atomic mass is 16.5. The maximum atomic E-state index is 11.5. The van der Waals surface area contributed by atoms with Gasteiger partial charge < -0.3 is 15.0 Å². The Hall–Kier alpha value is -0.770. The molecule has 1 saturated heterocycles. The van der Waals surface area contributed by atoms with E-state index < -0.39 is 0 Å². The third-order valence-corrected chi connectivity index (χ3v) is 2.34. The molecule has 1 aliphatic heterocycles. The van der Waals surface area contributed by atoms with E-state index in [9.17, 15) is 4.79 Å². The lowest BCUT2D eigenvalue weighted by atomic mass is 10.4. The van der Waals surface area contributed by atoms with Crippen molar-refractivity contribution in [2.75, 3.05) is 32.8 Å². The number of likely N-dealkylation sites (tertiary alicyclic amines) is 1. The number of urea groups is 1. The average molecular weight is 200 g/mol. The molecule has 0 bridgehead atoms. The number of rotatable bonds is 5. The van der Waals surface area contributed by atoms with Crippen molar-refractivity contribution in [3.63, 3.8) is 0 Å². The lowest BCUT2D eigenvalue weighted by molar-refractivity contribution is 0.144. The van der Waals surface area contributed by atoms with E-state index in [2.05, 4.69) is 5.32 Å². The largest absolute Gasteiger partial charge is 0.382 e. The second-order valence-corrected chi connectivity index (χ2v) is 3.48. The number of hydrogen-bond donors (Lipinski definition) is 1. The van der Waals surface area contributed by atoms with Crippen molar-refractivity contribution in [1.82, 2.24) is 10.2 Å². The molecule has 0 unspecified atom stereocenters. The number of ether oxygens (including phenoxy) is 1. The first-order chi connectivity index (χ1) is 6.84. The molecule has 4 nitrogen and oxygen atoms in total. The highest BCUT2D eigenvalue weighted by Crippen LogP contribution is 2.06. The van der Waals surface area contributed by atoms with E-state index in [1.54, 1.807) is 0 Å². The van der Waals surface area contributed by atoms with Crippen molar-refractivity contribution >= 4 is 6.03 Å². The van der Waals surface area contributed by atoms with Crippen LogP contribution in [0.1, 0.15) is 26.2 Å². The maximum Gasteiger partial charge on any atom is 0.317 e. The molecule has 1 N–H and O–H groups in total. The first-order valence-electron chi connectivity index (χ1n) is 5.45. The normalized spacial score (nSPS) is 15.9. The molecule has 2 amide bonds. The van der Waals surface area contributed by atoms with Crippen LogP contribution in [0, 0.1) is 0 Å². The van der Waals surface area contributed by atoms with Crippen molar-refractivity contribution in [3.8, 4) is 0 Å². The van der Waals surface area contributed by atoms with Gasteiger partial charge in [0.15, 0.2) is 0 Å². The molecule has 0 atom stereocenters. The van der Waals surface area contributed by atoms with Gasteiger partial charge in [-0.05, 0) is 26.2 Å². The van der Waals surface area contributed by atoms with Gasteiger partial charge in [-0.3, -0.25) is 0 Å². The summed E-state index contributed by atoms with van der Waals surface area (Å²) in [6, 6.07) is 0.0824. The molecule has 4 heteroatoms. The van der Waals surface area contributed by atoms with Crippen LogP contribution in [0.2, 0.25) is 0 Å². The van der Waals surface area contributed by atoms with Gasteiger partial charge in [0.05, 0.1) is 0 Å². The Morgan fingerprint density at radius 3 is 2.79 bits per heavy atom. The van der Waals surface area contributed by atoms with E-state index in [-0.39, 0.29) is 6.03 Å². The highest BCUT2D eigenvalue weighted by Gasteiger charge is 2.16. The van der Waals surface area contributed by atoms with E-state index in [4.69, 9.17) is 4.74 Å². The number of nitrogens with zero attached hydrogens (tertiary/aromatic N) is 1. The summed E-state index contributed by atoms with van der Waals surface area (Å²) in [5.41, 5.74) is 0. The maximum absolute atomic E-state index is 11.5. The number of amides is 2.